The first-order valence-electron chi connectivity index (χ1n) is 6.62. The summed E-state index contributed by atoms with van der Waals surface area (Å²) in [7, 11) is 0. The van der Waals surface area contributed by atoms with Crippen molar-refractivity contribution in [2.75, 3.05) is 6.61 Å². The third kappa shape index (κ3) is 3.47. The summed E-state index contributed by atoms with van der Waals surface area (Å²) in [6.45, 7) is 5.76. The van der Waals surface area contributed by atoms with Crippen molar-refractivity contribution in [2.24, 2.45) is 0 Å². The molecule has 1 fully saturated rings. The Bertz CT molecular complexity index is 482. The van der Waals surface area contributed by atoms with Crippen LogP contribution in [-0.2, 0) is 4.79 Å². The molecule has 4 nitrogen and oxygen atoms in total. The number of carboxylic acids is 1. The van der Waals surface area contributed by atoms with Crippen LogP contribution in [-0.4, -0.2) is 29.3 Å². The van der Waals surface area contributed by atoms with Crippen molar-refractivity contribution >= 4 is 5.97 Å². The quantitative estimate of drug-likeness (QED) is 0.826. The minimum absolute atomic E-state index is 0.128. The predicted octanol–water partition coefficient (Wildman–Crippen LogP) is 2.28. The fourth-order valence-corrected chi connectivity index (χ4v) is 1.93. The number of hydrogen-bond donors (Lipinski definition) is 2. The Hall–Kier alpha value is -1.55. The minimum atomic E-state index is -1.03. The molecule has 0 radical (unpaired) electrons. The SMILES string of the molecule is Cc1ccc(C)c(OCC(C)(NC2CC2)C(=O)O)c1. The van der Waals surface area contributed by atoms with E-state index in [1.165, 1.54) is 0 Å². The van der Waals surface area contributed by atoms with Gasteiger partial charge in [0.2, 0.25) is 0 Å². The highest BCUT2D eigenvalue weighted by atomic mass is 16.5. The summed E-state index contributed by atoms with van der Waals surface area (Å²) in [5, 5.41) is 12.5. The number of carboxylic acid groups (broad SMARTS) is 1. The van der Waals surface area contributed by atoms with Crippen LogP contribution < -0.4 is 10.1 Å². The smallest absolute Gasteiger partial charge is 0.327 e. The summed E-state index contributed by atoms with van der Waals surface area (Å²) in [5.41, 5.74) is 1.09. The fraction of sp³-hybridized carbons (Fsp3) is 0.533. The van der Waals surface area contributed by atoms with Gasteiger partial charge in [0.05, 0.1) is 0 Å². The molecule has 1 aromatic rings. The molecule has 19 heavy (non-hydrogen) atoms. The van der Waals surface area contributed by atoms with Gasteiger partial charge in [-0.3, -0.25) is 10.1 Å². The van der Waals surface area contributed by atoms with Crippen LogP contribution in [0, 0.1) is 13.8 Å². The second-order valence-electron chi connectivity index (χ2n) is 5.61. The molecule has 1 saturated carbocycles. The lowest BCUT2D eigenvalue weighted by Crippen LogP contribution is -2.54. The summed E-state index contributed by atoms with van der Waals surface area (Å²) in [5.74, 6) is -0.116. The van der Waals surface area contributed by atoms with Crippen molar-refractivity contribution < 1.29 is 14.6 Å². The Morgan fingerprint density at radius 3 is 2.74 bits per heavy atom. The van der Waals surface area contributed by atoms with E-state index in [0.717, 1.165) is 29.7 Å². The van der Waals surface area contributed by atoms with Gasteiger partial charge >= 0.3 is 5.97 Å². The molecule has 0 aliphatic heterocycles. The van der Waals surface area contributed by atoms with Gasteiger partial charge in [-0.2, -0.15) is 0 Å². The second-order valence-corrected chi connectivity index (χ2v) is 5.61. The van der Waals surface area contributed by atoms with Gasteiger partial charge in [-0.25, -0.2) is 0 Å². The summed E-state index contributed by atoms with van der Waals surface area (Å²) >= 11 is 0. The van der Waals surface area contributed by atoms with E-state index in [1.807, 2.05) is 32.0 Å². The maximum atomic E-state index is 11.4. The Morgan fingerprint density at radius 1 is 1.47 bits per heavy atom. The van der Waals surface area contributed by atoms with E-state index < -0.39 is 11.5 Å². The highest BCUT2D eigenvalue weighted by Gasteiger charge is 2.39. The lowest BCUT2D eigenvalue weighted by Gasteiger charge is -2.26. The molecule has 1 aliphatic carbocycles. The lowest BCUT2D eigenvalue weighted by molar-refractivity contribution is -0.145. The predicted molar refractivity (Wildman–Crippen MR) is 73.6 cm³/mol. The van der Waals surface area contributed by atoms with E-state index >= 15 is 0 Å². The molecule has 1 atom stereocenters. The third-order valence-electron chi connectivity index (χ3n) is 3.43. The van der Waals surface area contributed by atoms with Crippen LogP contribution in [0.1, 0.15) is 30.9 Å². The van der Waals surface area contributed by atoms with Crippen molar-refractivity contribution in [3.05, 3.63) is 29.3 Å². The van der Waals surface area contributed by atoms with Crippen molar-refractivity contribution in [3.63, 3.8) is 0 Å². The molecule has 104 valence electrons. The van der Waals surface area contributed by atoms with Crippen LogP contribution in [0.15, 0.2) is 18.2 Å². The largest absolute Gasteiger partial charge is 0.491 e. The van der Waals surface area contributed by atoms with Gasteiger partial charge in [0, 0.05) is 6.04 Å². The molecule has 0 aromatic heterocycles. The van der Waals surface area contributed by atoms with Crippen molar-refractivity contribution in [3.8, 4) is 5.75 Å². The van der Waals surface area contributed by atoms with Gasteiger partial charge in [-0.15, -0.1) is 0 Å². The molecule has 2 rings (SSSR count). The average molecular weight is 263 g/mol. The molecule has 1 unspecified atom stereocenters. The molecule has 1 aromatic carbocycles. The molecule has 0 amide bonds. The first-order chi connectivity index (χ1) is 8.90. The first kappa shape index (κ1) is 13.9. The number of nitrogens with one attached hydrogen (secondary N) is 1. The molecular formula is C15H21NO3. The van der Waals surface area contributed by atoms with Crippen LogP contribution in [0.5, 0.6) is 5.75 Å². The number of aliphatic carboxylic acids is 1. The first-order valence-corrected chi connectivity index (χ1v) is 6.62. The number of ether oxygens (including phenoxy) is 1. The summed E-state index contributed by atoms with van der Waals surface area (Å²) < 4.78 is 5.73. The normalized spacial score (nSPS) is 17.8. The van der Waals surface area contributed by atoms with Crippen molar-refractivity contribution in [2.45, 2.75) is 45.2 Å². The molecular weight excluding hydrogens is 242 g/mol. The van der Waals surface area contributed by atoms with Gasteiger partial charge in [0.15, 0.2) is 0 Å². The Balaban J connectivity index is 2.05. The minimum Gasteiger partial charge on any atom is -0.491 e. The van der Waals surface area contributed by atoms with E-state index in [0.29, 0.717) is 6.04 Å². The van der Waals surface area contributed by atoms with E-state index in [9.17, 15) is 9.90 Å². The zero-order valence-electron chi connectivity index (χ0n) is 11.7. The van der Waals surface area contributed by atoms with Gasteiger partial charge in [0.1, 0.15) is 17.9 Å². The Labute approximate surface area is 113 Å². The van der Waals surface area contributed by atoms with E-state index in [-0.39, 0.29) is 6.61 Å². The number of benzene rings is 1. The number of aryl methyl sites for hydroxylation is 2. The van der Waals surface area contributed by atoms with Crippen molar-refractivity contribution in [1.29, 1.82) is 0 Å². The van der Waals surface area contributed by atoms with E-state index in [2.05, 4.69) is 5.32 Å². The maximum absolute atomic E-state index is 11.4. The number of rotatable bonds is 6. The van der Waals surface area contributed by atoms with Crippen molar-refractivity contribution in [1.82, 2.24) is 5.32 Å². The summed E-state index contributed by atoms with van der Waals surface area (Å²) in [6.07, 6.45) is 2.10. The van der Waals surface area contributed by atoms with Gasteiger partial charge in [-0.1, -0.05) is 12.1 Å². The fourth-order valence-electron chi connectivity index (χ4n) is 1.93. The van der Waals surface area contributed by atoms with E-state index in [4.69, 9.17) is 4.74 Å². The lowest BCUT2D eigenvalue weighted by atomic mass is 10.0. The highest BCUT2D eigenvalue weighted by Crippen LogP contribution is 2.24. The van der Waals surface area contributed by atoms with Crippen LogP contribution in [0.4, 0.5) is 0 Å². The Kier molecular flexibility index (Phi) is 3.80. The van der Waals surface area contributed by atoms with Crippen LogP contribution in [0.2, 0.25) is 0 Å². The topological polar surface area (TPSA) is 58.6 Å². The molecule has 0 bridgehead atoms. The zero-order valence-corrected chi connectivity index (χ0v) is 11.7. The zero-order chi connectivity index (χ0) is 14.0. The molecule has 0 saturated heterocycles. The number of carbonyl (C=O) groups is 1. The number of hydrogen-bond acceptors (Lipinski definition) is 3. The highest BCUT2D eigenvalue weighted by molar-refractivity contribution is 5.78. The van der Waals surface area contributed by atoms with Crippen LogP contribution in [0.3, 0.4) is 0 Å². The van der Waals surface area contributed by atoms with Gasteiger partial charge in [-0.05, 0) is 50.8 Å². The van der Waals surface area contributed by atoms with Gasteiger partial charge < -0.3 is 9.84 Å². The monoisotopic (exact) mass is 263 g/mol. The van der Waals surface area contributed by atoms with Crippen LogP contribution >= 0.6 is 0 Å². The van der Waals surface area contributed by atoms with Crippen LogP contribution in [0.25, 0.3) is 0 Å². The molecule has 0 heterocycles. The standard InChI is InChI=1S/C15H21NO3/c1-10-4-5-11(2)13(8-10)19-9-15(3,14(17)18)16-12-6-7-12/h4-5,8,12,16H,6-7,9H2,1-3H3,(H,17,18). The molecule has 1 aliphatic rings. The summed E-state index contributed by atoms with van der Waals surface area (Å²) in [4.78, 5) is 11.4. The molecule has 4 heteroatoms. The molecule has 2 N–H and O–H groups in total. The van der Waals surface area contributed by atoms with Gasteiger partial charge in [0.25, 0.3) is 0 Å². The van der Waals surface area contributed by atoms with E-state index in [1.54, 1.807) is 6.92 Å². The maximum Gasteiger partial charge on any atom is 0.327 e. The Morgan fingerprint density at radius 2 is 2.16 bits per heavy atom. The third-order valence-corrected chi connectivity index (χ3v) is 3.43. The molecule has 0 spiro atoms. The average Bonchev–Trinajstić information content (AvgIpc) is 3.14. The summed E-state index contributed by atoms with van der Waals surface area (Å²) in [6, 6.07) is 6.26. The second kappa shape index (κ2) is 5.21.